The number of hydrogen-bond acceptors (Lipinski definition) is 3. The van der Waals surface area contributed by atoms with Gasteiger partial charge in [0.25, 0.3) is 0 Å². The molecule has 0 radical (unpaired) electrons. The fourth-order valence-corrected chi connectivity index (χ4v) is 2.34. The maximum absolute atomic E-state index is 12.1. The molecular weight excluding hydrogens is 261 g/mol. The van der Waals surface area contributed by atoms with E-state index >= 15 is 0 Å². The number of fused-ring (bicyclic) bond motifs is 2. The van der Waals surface area contributed by atoms with Crippen LogP contribution in [0, 0.1) is 0 Å². The smallest absolute Gasteiger partial charge is 0.460 e. The highest BCUT2D eigenvalue weighted by atomic mass is 19.4. The second-order valence-electron chi connectivity index (χ2n) is 4.39. The first-order valence-corrected chi connectivity index (χ1v) is 5.78. The van der Waals surface area contributed by atoms with Gasteiger partial charge in [-0.05, 0) is 25.0 Å². The molecule has 0 N–H and O–H groups in total. The number of alkyl halides is 3. The molecule has 1 aliphatic carbocycles. The van der Waals surface area contributed by atoms with E-state index in [9.17, 15) is 18.0 Å². The molecule has 19 heavy (non-hydrogen) atoms. The first-order valence-electron chi connectivity index (χ1n) is 5.78. The normalized spacial score (nSPS) is 14.7. The Morgan fingerprint density at radius 2 is 2.00 bits per heavy atom. The Balaban J connectivity index is 2.14. The van der Waals surface area contributed by atoms with Crippen LogP contribution in [0.15, 0.2) is 27.4 Å². The van der Waals surface area contributed by atoms with Crippen LogP contribution in [0.2, 0.25) is 0 Å². The summed E-state index contributed by atoms with van der Waals surface area (Å²) in [4.78, 5) is 12.1. The highest BCUT2D eigenvalue weighted by Crippen LogP contribution is 2.28. The molecule has 0 bridgehead atoms. The van der Waals surface area contributed by atoms with Gasteiger partial charge in [-0.1, -0.05) is 0 Å². The van der Waals surface area contributed by atoms with Gasteiger partial charge < -0.3 is 9.15 Å². The van der Waals surface area contributed by atoms with Crippen LogP contribution >= 0.6 is 0 Å². The summed E-state index contributed by atoms with van der Waals surface area (Å²) in [5, 5.41) is 0.287. The van der Waals surface area contributed by atoms with Gasteiger partial charge in [0.1, 0.15) is 17.1 Å². The van der Waals surface area contributed by atoms with Crippen molar-refractivity contribution < 1.29 is 22.3 Å². The van der Waals surface area contributed by atoms with Crippen LogP contribution in [0.4, 0.5) is 13.2 Å². The maximum Gasteiger partial charge on any atom is 0.573 e. The fraction of sp³-hybridized carbons (Fsp3) is 0.308. The Hall–Kier alpha value is -1.98. The van der Waals surface area contributed by atoms with Crippen LogP contribution in [0.1, 0.15) is 17.7 Å². The molecule has 0 unspecified atom stereocenters. The van der Waals surface area contributed by atoms with Crippen molar-refractivity contribution in [3.05, 3.63) is 39.7 Å². The Kier molecular flexibility index (Phi) is 2.55. The van der Waals surface area contributed by atoms with Crippen LogP contribution in [-0.2, 0) is 12.8 Å². The summed E-state index contributed by atoms with van der Waals surface area (Å²) in [6, 6.07) is 3.53. The van der Waals surface area contributed by atoms with Gasteiger partial charge in [-0.15, -0.1) is 13.2 Å². The van der Waals surface area contributed by atoms with E-state index in [0.29, 0.717) is 24.2 Å². The van der Waals surface area contributed by atoms with Crippen molar-refractivity contribution in [3.63, 3.8) is 0 Å². The minimum Gasteiger partial charge on any atom is -0.460 e. The van der Waals surface area contributed by atoms with E-state index in [4.69, 9.17) is 4.42 Å². The van der Waals surface area contributed by atoms with Crippen LogP contribution in [0.3, 0.4) is 0 Å². The molecule has 100 valence electrons. The highest BCUT2D eigenvalue weighted by molar-refractivity contribution is 5.79. The maximum atomic E-state index is 12.1. The van der Waals surface area contributed by atoms with Crippen molar-refractivity contribution in [2.24, 2.45) is 0 Å². The largest absolute Gasteiger partial charge is 0.573 e. The first-order chi connectivity index (χ1) is 8.94. The molecule has 1 aliphatic rings. The minimum atomic E-state index is -4.76. The zero-order chi connectivity index (χ0) is 13.6. The van der Waals surface area contributed by atoms with Crippen molar-refractivity contribution in [1.29, 1.82) is 0 Å². The molecule has 1 aromatic carbocycles. The average Bonchev–Trinajstić information content (AvgIpc) is 2.75. The molecule has 0 saturated heterocycles. The molecule has 0 spiro atoms. The van der Waals surface area contributed by atoms with Crippen molar-refractivity contribution >= 4 is 11.0 Å². The number of rotatable bonds is 1. The van der Waals surface area contributed by atoms with Crippen LogP contribution < -0.4 is 10.2 Å². The predicted octanol–water partition coefficient (Wildman–Crippen LogP) is 3.18. The van der Waals surface area contributed by atoms with Gasteiger partial charge in [0.2, 0.25) is 0 Å². The number of hydrogen-bond donors (Lipinski definition) is 0. The Morgan fingerprint density at radius 1 is 1.21 bits per heavy atom. The SMILES string of the molecule is O=c1c2c(oc3cc(OC(F)(F)F)ccc13)CCC2. The molecule has 6 heteroatoms. The Morgan fingerprint density at radius 3 is 2.74 bits per heavy atom. The summed E-state index contributed by atoms with van der Waals surface area (Å²) in [7, 11) is 0. The van der Waals surface area contributed by atoms with Crippen molar-refractivity contribution in [3.8, 4) is 5.75 Å². The van der Waals surface area contributed by atoms with Crippen LogP contribution in [0.5, 0.6) is 5.75 Å². The summed E-state index contributed by atoms with van der Waals surface area (Å²) in [5.74, 6) is 0.183. The van der Waals surface area contributed by atoms with E-state index in [0.717, 1.165) is 18.6 Å². The van der Waals surface area contributed by atoms with Gasteiger partial charge in [-0.2, -0.15) is 0 Å². The molecule has 0 amide bonds. The summed E-state index contributed by atoms with van der Waals surface area (Å²) in [5.41, 5.74) is 0.608. The van der Waals surface area contributed by atoms with Gasteiger partial charge in [0, 0.05) is 18.1 Å². The van der Waals surface area contributed by atoms with Crippen molar-refractivity contribution in [2.75, 3.05) is 0 Å². The molecule has 1 heterocycles. The van der Waals surface area contributed by atoms with E-state index in [1.807, 2.05) is 0 Å². The Bertz CT molecular complexity index is 701. The summed E-state index contributed by atoms with van der Waals surface area (Å²) in [6.07, 6.45) is -2.62. The highest BCUT2D eigenvalue weighted by Gasteiger charge is 2.31. The zero-order valence-corrected chi connectivity index (χ0v) is 9.71. The summed E-state index contributed by atoms with van der Waals surface area (Å²) < 4.78 is 45.7. The number of benzene rings is 1. The van der Waals surface area contributed by atoms with E-state index in [-0.39, 0.29) is 22.1 Å². The lowest BCUT2D eigenvalue weighted by molar-refractivity contribution is -0.274. The second kappa shape index (κ2) is 4.01. The third-order valence-electron chi connectivity index (χ3n) is 3.11. The predicted molar refractivity (Wildman–Crippen MR) is 61.2 cm³/mol. The third-order valence-corrected chi connectivity index (χ3v) is 3.11. The lowest BCUT2D eigenvalue weighted by Gasteiger charge is -2.09. The number of aryl methyl sites for hydroxylation is 1. The average molecular weight is 270 g/mol. The number of ether oxygens (including phenoxy) is 1. The molecule has 3 nitrogen and oxygen atoms in total. The molecule has 0 aliphatic heterocycles. The van der Waals surface area contributed by atoms with Crippen LogP contribution in [0.25, 0.3) is 11.0 Å². The zero-order valence-electron chi connectivity index (χ0n) is 9.71. The third kappa shape index (κ3) is 2.18. The van der Waals surface area contributed by atoms with Gasteiger partial charge >= 0.3 is 6.36 Å². The molecule has 2 aromatic rings. The van der Waals surface area contributed by atoms with Crippen molar-refractivity contribution in [1.82, 2.24) is 0 Å². The summed E-state index contributed by atoms with van der Waals surface area (Å²) in [6.45, 7) is 0. The van der Waals surface area contributed by atoms with E-state index in [2.05, 4.69) is 4.74 Å². The standard InChI is InChI=1S/C13H9F3O3/c14-13(15,16)19-7-4-5-9-11(6-7)18-10-3-1-2-8(10)12(9)17/h4-6H,1-3H2. The minimum absolute atomic E-state index is 0.132. The monoisotopic (exact) mass is 270 g/mol. The molecule has 3 rings (SSSR count). The number of halogens is 3. The lowest BCUT2D eigenvalue weighted by atomic mass is 10.1. The van der Waals surface area contributed by atoms with E-state index in [1.54, 1.807) is 0 Å². The Labute approximate surface area is 105 Å². The second-order valence-corrected chi connectivity index (χ2v) is 4.39. The molecule has 0 fully saturated rings. The van der Waals surface area contributed by atoms with Gasteiger partial charge in [-0.3, -0.25) is 4.79 Å². The van der Waals surface area contributed by atoms with E-state index in [1.165, 1.54) is 6.07 Å². The summed E-state index contributed by atoms with van der Waals surface area (Å²) >= 11 is 0. The van der Waals surface area contributed by atoms with Gasteiger partial charge in [0.05, 0.1) is 5.39 Å². The molecule has 0 saturated carbocycles. The molecule has 1 aromatic heterocycles. The van der Waals surface area contributed by atoms with E-state index < -0.39 is 6.36 Å². The van der Waals surface area contributed by atoms with Crippen LogP contribution in [-0.4, -0.2) is 6.36 Å². The van der Waals surface area contributed by atoms with Gasteiger partial charge in [0.15, 0.2) is 5.43 Å². The fourth-order valence-electron chi connectivity index (χ4n) is 2.34. The molecular formula is C13H9F3O3. The topological polar surface area (TPSA) is 39.4 Å². The van der Waals surface area contributed by atoms with Crippen molar-refractivity contribution in [2.45, 2.75) is 25.6 Å². The molecule has 0 atom stereocenters. The first kappa shape index (κ1) is 12.1. The quantitative estimate of drug-likeness (QED) is 0.799. The van der Waals surface area contributed by atoms with Gasteiger partial charge in [-0.25, -0.2) is 0 Å². The lowest BCUT2D eigenvalue weighted by Crippen LogP contribution is -2.17.